The first-order valence-corrected chi connectivity index (χ1v) is 14.7. The van der Waals surface area contributed by atoms with Gasteiger partial charge in [0.05, 0.1) is 37.1 Å². The van der Waals surface area contributed by atoms with Gasteiger partial charge < -0.3 is 26.3 Å². The largest absolute Gasteiger partial charge is 0.497 e. The first kappa shape index (κ1) is 30.5. The number of ether oxygens (including phenoxy) is 1. The number of benzene rings is 4. The highest BCUT2D eigenvalue weighted by atomic mass is 16.5. The van der Waals surface area contributed by atoms with E-state index in [-0.39, 0.29) is 17.5 Å². The molecule has 2 atom stereocenters. The summed E-state index contributed by atoms with van der Waals surface area (Å²) in [5, 5.41) is 17.1. The summed E-state index contributed by atoms with van der Waals surface area (Å²) in [4.78, 5) is 2.49. The van der Waals surface area contributed by atoms with Gasteiger partial charge in [0.2, 0.25) is 0 Å². The Balaban J connectivity index is 1.51. The van der Waals surface area contributed by atoms with Crippen molar-refractivity contribution in [2.24, 2.45) is 38.2 Å². The number of hydrazine groups is 1. The van der Waals surface area contributed by atoms with Gasteiger partial charge >= 0.3 is 0 Å². The predicted molar refractivity (Wildman–Crippen MR) is 176 cm³/mol. The fraction of sp³-hybridized carbons (Fsp3) is 0.294. The molecule has 0 amide bonds. The van der Waals surface area contributed by atoms with Crippen molar-refractivity contribution in [1.82, 2.24) is 0 Å². The molecule has 1 fully saturated rings. The summed E-state index contributed by atoms with van der Waals surface area (Å²) in [6, 6.07) is 31.2. The van der Waals surface area contributed by atoms with E-state index in [9.17, 15) is 0 Å². The second kappa shape index (κ2) is 13.1. The first-order chi connectivity index (χ1) is 21.2. The summed E-state index contributed by atoms with van der Waals surface area (Å²) in [6.45, 7) is 7.16. The third kappa shape index (κ3) is 6.65. The van der Waals surface area contributed by atoms with Gasteiger partial charge in [-0.25, -0.2) is 5.84 Å². The number of methoxy groups -OCH3 is 1. The van der Waals surface area contributed by atoms with Crippen LogP contribution < -0.4 is 32.2 Å². The lowest BCUT2D eigenvalue weighted by atomic mass is 9.87. The minimum Gasteiger partial charge on any atom is -0.497 e. The fourth-order valence-electron chi connectivity index (χ4n) is 5.97. The monoisotopic (exact) mass is 591 g/mol. The molecule has 0 bridgehead atoms. The van der Waals surface area contributed by atoms with Crippen LogP contribution in [0.5, 0.6) is 5.75 Å². The summed E-state index contributed by atoms with van der Waals surface area (Å²) >= 11 is 0. The van der Waals surface area contributed by atoms with Crippen molar-refractivity contribution in [2.45, 2.75) is 57.7 Å². The van der Waals surface area contributed by atoms with Gasteiger partial charge in [-0.15, -0.1) is 10.2 Å². The van der Waals surface area contributed by atoms with E-state index >= 15 is 0 Å². The zero-order chi connectivity index (χ0) is 31.3. The number of rotatable bonds is 9. The molecule has 10 nitrogen and oxygen atoms in total. The number of hydrogen-bond donors (Lipinski definition) is 3. The highest BCUT2D eigenvalue weighted by Gasteiger charge is 2.36. The third-order valence-electron chi connectivity index (χ3n) is 8.22. The average molecular weight is 592 g/mol. The molecule has 4 aromatic rings. The molecular formula is C34H41N9O. The molecule has 0 spiro atoms. The number of nitrogens with zero attached hydrogens (tertiary/aromatic N) is 6. The van der Waals surface area contributed by atoms with E-state index in [4.69, 9.17) is 22.3 Å². The molecule has 0 aliphatic carbocycles. The Labute approximate surface area is 259 Å². The topological polar surface area (TPSA) is 143 Å². The van der Waals surface area contributed by atoms with Gasteiger partial charge in [0.25, 0.3) is 0 Å². The van der Waals surface area contributed by atoms with Crippen LogP contribution in [0.1, 0.15) is 68.0 Å². The minimum atomic E-state index is 0.0573. The van der Waals surface area contributed by atoms with Crippen LogP contribution in [0.3, 0.4) is 0 Å². The standard InChI is InChI=1S/C34H41N9O/c1-34(2,3)26-11-13-28(14-12-26)43-31(24-6-5-7-27(20-24)38-40-35)18-19-32(43)25-10-17-33(30(21-25)39-41-36)42(37)22-23-8-15-29(44-4)16-9-23/h5-17,20-21,31-32H,18-19,22,37H2,1-4H3,(H2,35,38)(H2,36,39). The van der Waals surface area contributed by atoms with Gasteiger partial charge in [0.1, 0.15) is 11.4 Å². The Bertz CT molecular complexity index is 1610. The normalized spacial score (nSPS) is 17.1. The van der Waals surface area contributed by atoms with Gasteiger partial charge in [0.15, 0.2) is 0 Å². The van der Waals surface area contributed by atoms with Crippen LogP contribution >= 0.6 is 0 Å². The molecule has 10 heteroatoms. The number of nitrogens with two attached hydrogens (primary N) is 3. The van der Waals surface area contributed by atoms with Crippen molar-refractivity contribution >= 4 is 22.7 Å². The third-order valence-corrected chi connectivity index (χ3v) is 8.22. The molecule has 4 aromatic carbocycles. The van der Waals surface area contributed by atoms with E-state index in [1.54, 1.807) is 12.1 Å². The molecule has 0 radical (unpaired) electrons. The Kier molecular flexibility index (Phi) is 9.10. The maximum Gasteiger partial charge on any atom is 0.118 e. The van der Waals surface area contributed by atoms with Crippen molar-refractivity contribution in [3.63, 3.8) is 0 Å². The Hall–Kier alpha value is -4.96. The SMILES string of the molecule is COc1ccc(CN(N)c2ccc(C3CCC(c4cccc(N=NN)c4)N3c3ccc(C(C)(C)C)cc3)cc2N=NN)cc1. The highest BCUT2D eigenvalue weighted by molar-refractivity contribution is 5.68. The maximum atomic E-state index is 6.56. The Morgan fingerprint density at radius 2 is 1.48 bits per heavy atom. The van der Waals surface area contributed by atoms with Crippen LogP contribution in [0.15, 0.2) is 112 Å². The van der Waals surface area contributed by atoms with Crippen LogP contribution in [-0.4, -0.2) is 7.11 Å². The summed E-state index contributed by atoms with van der Waals surface area (Å²) in [5.41, 5.74) is 7.85. The lowest BCUT2D eigenvalue weighted by molar-refractivity contribution is 0.414. The molecule has 2 unspecified atom stereocenters. The quantitative estimate of drug-likeness (QED) is 0.103. The van der Waals surface area contributed by atoms with Gasteiger partial charge in [-0.1, -0.05) is 73.7 Å². The summed E-state index contributed by atoms with van der Waals surface area (Å²) in [6.07, 6.45) is 1.88. The van der Waals surface area contributed by atoms with Crippen molar-refractivity contribution in [2.75, 3.05) is 17.0 Å². The highest BCUT2D eigenvalue weighted by Crippen LogP contribution is 2.48. The molecule has 1 saturated heterocycles. The molecule has 44 heavy (non-hydrogen) atoms. The summed E-state index contributed by atoms with van der Waals surface area (Å²) < 4.78 is 5.28. The van der Waals surface area contributed by atoms with Crippen LogP contribution in [0.25, 0.3) is 0 Å². The van der Waals surface area contributed by atoms with E-state index in [1.165, 1.54) is 5.56 Å². The molecule has 1 heterocycles. The lowest BCUT2D eigenvalue weighted by Crippen LogP contribution is -2.30. The Morgan fingerprint density at radius 1 is 0.818 bits per heavy atom. The van der Waals surface area contributed by atoms with Crippen LogP contribution in [0.4, 0.5) is 22.7 Å². The number of hydrogen-bond acceptors (Lipinski definition) is 8. The minimum absolute atomic E-state index is 0.0573. The maximum absolute atomic E-state index is 6.56. The summed E-state index contributed by atoms with van der Waals surface area (Å²) in [5.74, 6) is 18.3. The fourth-order valence-corrected chi connectivity index (χ4v) is 5.97. The second-order valence-electron chi connectivity index (χ2n) is 12.1. The lowest BCUT2D eigenvalue weighted by Gasteiger charge is -2.34. The molecular weight excluding hydrogens is 550 g/mol. The van der Waals surface area contributed by atoms with E-state index in [0.717, 1.165) is 52.3 Å². The second-order valence-corrected chi connectivity index (χ2v) is 12.1. The molecule has 0 aromatic heterocycles. The van der Waals surface area contributed by atoms with Crippen LogP contribution in [0.2, 0.25) is 0 Å². The van der Waals surface area contributed by atoms with Gasteiger partial charge in [-0.05, 0) is 89.0 Å². The van der Waals surface area contributed by atoms with Crippen molar-refractivity contribution in [3.8, 4) is 5.75 Å². The van der Waals surface area contributed by atoms with Gasteiger partial charge in [-0.2, -0.15) is 0 Å². The zero-order valence-electron chi connectivity index (χ0n) is 25.8. The predicted octanol–water partition coefficient (Wildman–Crippen LogP) is 7.87. The van der Waals surface area contributed by atoms with E-state index < -0.39 is 0 Å². The smallest absolute Gasteiger partial charge is 0.118 e. The molecule has 0 saturated carbocycles. The molecule has 1 aliphatic rings. The van der Waals surface area contributed by atoms with Crippen LogP contribution in [-0.2, 0) is 12.0 Å². The number of anilines is 2. The van der Waals surface area contributed by atoms with Gasteiger partial charge in [0, 0.05) is 5.69 Å². The van der Waals surface area contributed by atoms with Crippen molar-refractivity contribution in [1.29, 1.82) is 0 Å². The van der Waals surface area contributed by atoms with Crippen molar-refractivity contribution in [3.05, 3.63) is 113 Å². The van der Waals surface area contributed by atoms with E-state index in [0.29, 0.717) is 12.2 Å². The Morgan fingerprint density at radius 3 is 2.09 bits per heavy atom. The first-order valence-electron chi connectivity index (χ1n) is 14.7. The van der Waals surface area contributed by atoms with Crippen molar-refractivity contribution < 1.29 is 4.74 Å². The van der Waals surface area contributed by atoms with Gasteiger partial charge in [-0.3, -0.25) is 0 Å². The van der Waals surface area contributed by atoms with Crippen LogP contribution in [0, 0.1) is 0 Å². The molecule has 1 aliphatic heterocycles. The molecule has 6 N–H and O–H groups in total. The molecule has 228 valence electrons. The zero-order valence-corrected chi connectivity index (χ0v) is 25.8. The van der Waals surface area contributed by atoms with E-state index in [1.807, 2.05) is 48.5 Å². The molecule has 5 rings (SSSR count). The average Bonchev–Trinajstić information content (AvgIpc) is 3.47. The summed E-state index contributed by atoms with van der Waals surface area (Å²) in [7, 11) is 1.65. The van der Waals surface area contributed by atoms with E-state index in [2.05, 4.69) is 88.8 Å².